The first-order valence-electron chi connectivity index (χ1n) is 12.8. The quantitative estimate of drug-likeness (QED) is 0.147. The molecule has 5 aromatic rings. The fourth-order valence-corrected chi connectivity index (χ4v) is 5.52. The summed E-state index contributed by atoms with van der Waals surface area (Å²) in [5, 5.41) is 0.820. The van der Waals surface area contributed by atoms with Crippen molar-refractivity contribution in [3.63, 3.8) is 0 Å². The lowest BCUT2D eigenvalue weighted by Gasteiger charge is -2.07. The van der Waals surface area contributed by atoms with Gasteiger partial charge in [0.1, 0.15) is 0 Å². The molecule has 7 rings (SSSR count). The van der Waals surface area contributed by atoms with E-state index in [2.05, 4.69) is 98.7 Å². The van der Waals surface area contributed by atoms with Crippen LogP contribution in [0.5, 0.6) is 0 Å². The number of H-pyrrole nitrogens is 2. The number of alkyl halides is 1. The van der Waals surface area contributed by atoms with Crippen LogP contribution >= 0.6 is 15.9 Å². The molecule has 188 valence electrons. The SMILES string of the molecule is Nc1ccccc1-c1c2nc(cc3ccc([nH]3)c(-c3ccc(CBr)cc3)c3nc(cc4ccc1[nH]4)C=C3)C=C2. The van der Waals surface area contributed by atoms with Crippen LogP contribution in [0.25, 0.3) is 68.6 Å². The molecule has 5 heterocycles. The number of nitrogen functional groups attached to an aromatic ring is 1. The van der Waals surface area contributed by atoms with Gasteiger partial charge >= 0.3 is 0 Å². The number of aromatic nitrogens is 4. The molecule has 4 N–H and O–H groups in total. The number of aromatic amines is 2. The summed E-state index contributed by atoms with van der Waals surface area (Å²) in [7, 11) is 0. The molecule has 0 amide bonds. The number of para-hydroxylation sites is 1. The van der Waals surface area contributed by atoms with Crippen LogP contribution < -0.4 is 5.73 Å². The largest absolute Gasteiger partial charge is 0.398 e. The van der Waals surface area contributed by atoms with E-state index in [0.29, 0.717) is 5.69 Å². The highest BCUT2D eigenvalue weighted by Crippen LogP contribution is 2.34. The summed E-state index contributed by atoms with van der Waals surface area (Å²) >= 11 is 3.55. The van der Waals surface area contributed by atoms with Gasteiger partial charge in [0.05, 0.1) is 22.8 Å². The van der Waals surface area contributed by atoms with Crippen LogP contribution in [-0.4, -0.2) is 19.9 Å². The second kappa shape index (κ2) is 9.57. The van der Waals surface area contributed by atoms with Crippen LogP contribution in [0.1, 0.15) is 28.3 Å². The van der Waals surface area contributed by atoms with Gasteiger partial charge < -0.3 is 15.7 Å². The van der Waals surface area contributed by atoms with Crippen LogP contribution in [-0.2, 0) is 5.33 Å². The maximum atomic E-state index is 6.43. The number of anilines is 1. The van der Waals surface area contributed by atoms with E-state index in [9.17, 15) is 0 Å². The van der Waals surface area contributed by atoms with Gasteiger partial charge in [0.15, 0.2) is 0 Å². The van der Waals surface area contributed by atoms with E-state index >= 15 is 0 Å². The highest BCUT2D eigenvalue weighted by molar-refractivity contribution is 9.08. The van der Waals surface area contributed by atoms with Gasteiger partial charge in [0.2, 0.25) is 0 Å². The lowest BCUT2D eigenvalue weighted by molar-refractivity contribution is 1.31. The molecule has 2 aliphatic heterocycles. The number of nitrogens with two attached hydrogens (primary N) is 1. The van der Waals surface area contributed by atoms with E-state index in [1.54, 1.807) is 0 Å². The third-order valence-electron chi connectivity index (χ3n) is 7.02. The number of fused-ring (bicyclic) bond motifs is 8. The zero-order valence-electron chi connectivity index (χ0n) is 20.9. The maximum absolute atomic E-state index is 6.43. The van der Waals surface area contributed by atoms with E-state index in [-0.39, 0.29) is 0 Å². The van der Waals surface area contributed by atoms with E-state index in [0.717, 1.165) is 72.4 Å². The Labute approximate surface area is 233 Å². The fraction of sp³-hybridized carbons (Fsp3) is 0.0303. The molecule has 0 spiro atoms. The Morgan fingerprint density at radius 2 is 1.23 bits per heavy atom. The van der Waals surface area contributed by atoms with Gasteiger partial charge in [-0.2, -0.15) is 0 Å². The third-order valence-corrected chi connectivity index (χ3v) is 7.67. The Bertz CT molecular complexity index is 1960. The Kier molecular flexibility index (Phi) is 5.75. The van der Waals surface area contributed by atoms with Crippen molar-refractivity contribution in [3.05, 3.63) is 113 Å². The van der Waals surface area contributed by atoms with Gasteiger partial charge in [-0.05, 0) is 77.9 Å². The van der Waals surface area contributed by atoms with Crippen molar-refractivity contribution in [2.75, 3.05) is 5.73 Å². The van der Waals surface area contributed by atoms with Crippen molar-refractivity contribution in [1.82, 2.24) is 19.9 Å². The number of rotatable bonds is 3. The molecule has 0 aliphatic carbocycles. The summed E-state index contributed by atoms with van der Waals surface area (Å²) in [5.74, 6) is 0. The van der Waals surface area contributed by atoms with Gasteiger partial charge in [-0.3, -0.25) is 0 Å². The average molecular weight is 570 g/mol. The maximum Gasteiger partial charge on any atom is 0.0737 e. The molecule has 6 heteroatoms. The molecular weight excluding hydrogens is 546 g/mol. The normalized spacial score (nSPS) is 12.2. The van der Waals surface area contributed by atoms with Crippen LogP contribution in [0.2, 0.25) is 0 Å². The number of nitrogens with one attached hydrogen (secondary N) is 2. The van der Waals surface area contributed by atoms with E-state index in [1.165, 1.54) is 5.56 Å². The molecular formula is C33H24BrN5. The Balaban J connectivity index is 1.55. The predicted molar refractivity (Wildman–Crippen MR) is 167 cm³/mol. The molecule has 0 unspecified atom stereocenters. The molecule has 0 radical (unpaired) electrons. The Morgan fingerprint density at radius 3 is 1.85 bits per heavy atom. The first-order valence-corrected chi connectivity index (χ1v) is 13.9. The number of hydrogen-bond donors (Lipinski definition) is 3. The van der Waals surface area contributed by atoms with Crippen LogP contribution in [0.4, 0.5) is 5.69 Å². The van der Waals surface area contributed by atoms with E-state index in [4.69, 9.17) is 15.7 Å². The average Bonchev–Trinajstić information content (AvgIpc) is 3.76. The third kappa shape index (κ3) is 4.39. The summed E-state index contributed by atoms with van der Waals surface area (Å²) in [4.78, 5) is 17.2. The van der Waals surface area contributed by atoms with Crippen molar-refractivity contribution in [2.45, 2.75) is 5.33 Å². The minimum Gasteiger partial charge on any atom is -0.398 e. The topological polar surface area (TPSA) is 83.4 Å². The van der Waals surface area contributed by atoms with E-state index < -0.39 is 0 Å². The molecule has 0 saturated carbocycles. The van der Waals surface area contributed by atoms with Crippen molar-refractivity contribution in [2.24, 2.45) is 0 Å². The summed E-state index contributed by atoms with van der Waals surface area (Å²) < 4.78 is 0. The van der Waals surface area contributed by atoms with Crippen LogP contribution in [0, 0.1) is 0 Å². The first-order chi connectivity index (χ1) is 19.1. The van der Waals surface area contributed by atoms with E-state index in [1.807, 2.05) is 36.4 Å². The first kappa shape index (κ1) is 23.4. The molecule has 2 aliphatic rings. The zero-order chi connectivity index (χ0) is 26.3. The Hall–Kier alpha value is -4.68. The van der Waals surface area contributed by atoms with Crippen molar-refractivity contribution in [3.8, 4) is 22.3 Å². The van der Waals surface area contributed by atoms with Gasteiger partial charge in [0.25, 0.3) is 0 Å². The highest BCUT2D eigenvalue weighted by Gasteiger charge is 2.14. The van der Waals surface area contributed by atoms with Crippen molar-refractivity contribution in [1.29, 1.82) is 0 Å². The molecule has 0 fully saturated rings. The Morgan fingerprint density at radius 1 is 0.641 bits per heavy atom. The minimum absolute atomic E-state index is 0.708. The van der Waals surface area contributed by atoms with Crippen LogP contribution in [0.3, 0.4) is 0 Å². The van der Waals surface area contributed by atoms with Crippen LogP contribution in [0.15, 0.2) is 84.9 Å². The smallest absolute Gasteiger partial charge is 0.0737 e. The lowest BCUT2D eigenvalue weighted by Crippen LogP contribution is -1.92. The molecule has 5 nitrogen and oxygen atoms in total. The zero-order valence-corrected chi connectivity index (χ0v) is 22.5. The van der Waals surface area contributed by atoms with Gasteiger partial charge in [-0.15, -0.1) is 0 Å². The lowest BCUT2D eigenvalue weighted by atomic mass is 10.0. The molecule has 2 aromatic carbocycles. The second-order valence-corrected chi connectivity index (χ2v) is 10.2. The molecule has 0 atom stereocenters. The van der Waals surface area contributed by atoms with Crippen molar-refractivity contribution < 1.29 is 0 Å². The minimum atomic E-state index is 0.708. The number of benzene rings is 2. The molecule has 39 heavy (non-hydrogen) atoms. The van der Waals surface area contributed by atoms with Gasteiger partial charge in [-0.25, -0.2) is 9.97 Å². The summed E-state index contributed by atoms with van der Waals surface area (Å²) in [5.41, 5.74) is 19.8. The van der Waals surface area contributed by atoms with Gasteiger partial charge in [-0.1, -0.05) is 58.4 Å². The molecule has 0 saturated heterocycles. The second-order valence-electron chi connectivity index (χ2n) is 9.62. The monoisotopic (exact) mass is 569 g/mol. The highest BCUT2D eigenvalue weighted by atomic mass is 79.9. The summed E-state index contributed by atoms with van der Waals surface area (Å²) in [6.07, 6.45) is 8.23. The molecule has 3 aromatic heterocycles. The van der Waals surface area contributed by atoms with Gasteiger partial charge in [0, 0.05) is 49.8 Å². The molecule has 8 bridgehead atoms. The van der Waals surface area contributed by atoms with Crippen molar-refractivity contribution >= 4 is 68.0 Å². The summed E-state index contributed by atoms with van der Waals surface area (Å²) in [6, 6.07) is 29.0. The predicted octanol–water partition coefficient (Wildman–Crippen LogP) is 8.47. The number of hydrogen-bond acceptors (Lipinski definition) is 3. The fourth-order valence-electron chi connectivity index (χ4n) is 5.15. The number of halogens is 1. The number of nitrogens with zero attached hydrogens (tertiary/aromatic N) is 2. The summed E-state index contributed by atoms with van der Waals surface area (Å²) in [6.45, 7) is 0. The standard InChI is InChI=1S/C33H24BrN5/c34-19-20-5-7-21(8-6-20)32-28-13-9-22(36-28)17-24-11-15-30(38-24)33(26-3-1-2-4-27(26)35)31-16-12-25(39-31)18-23-10-14-29(32)37-23/h1-18,36,39H,19,35H2.